The summed E-state index contributed by atoms with van der Waals surface area (Å²) in [5.74, 6) is -0.174. The highest BCUT2D eigenvalue weighted by Gasteiger charge is 2.21. The topological polar surface area (TPSA) is 64.0 Å². The number of aromatic nitrogens is 2. The van der Waals surface area contributed by atoms with Gasteiger partial charge in [-0.05, 0) is 44.0 Å². The normalized spacial score (nSPS) is 10.8. The van der Waals surface area contributed by atoms with E-state index >= 15 is 0 Å². The lowest BCUT2D eigenvalue weighted by Crippen LogP contribution is -2.18. The Bertz CT molecular complexity index is 1310. The molecule has 1 amide bonds. The summed E-state index contributed by atoms with van der Waals surface area (Å²) in [5, 5.41) is 3.44. The molecule has 0 aliphatic carbocycles. The summed E-state index contributed by atoms with van der Waals surface area (Å²) >= 11 is 1.25. The van der Waals surface area contributed by atoms with E-state index in [1.807, 2.05) is 93.6 Å². The van der Waals surface area contributed by atoms with E-state index in [9.17, 15) is 9.59 Å². The number of aryl methyl sites for hydroxylation is 3. The second-order valence-corrected chi connectivity index (χ2v) is 8.85. The van der Waals surface area contributed by atoms with Gasteiger partial charge in [0.25, 0.3) is 5.91 Å². The summed E-state index contributed by atoms with van der Waals surface area (Å²) in [6.07, 6.45) is 1.69. The third-order valence-corrected chi connectivity index (χ3v) is 6.32. The number of nitrogens with zero attached hydrogens (tertiary/aromatic N) is 2. The van der Waals surface area contributed by atoms with Gasteiger partial charge in [0.15, 0.2) is 5.16 Å². The molecule has 0 bridgehead atoms. The zero-order valence-electron chi connectivity index (χ0n) is 18.8. The molecule has 0 fully saturated rings. The van der Waals surface area contributed by atoms with Gasteiger partial charge < -0.3 is 5.32 Å². The number of carbonyl (C=O) groups is 2. The molecule has 0 radical (unpaired) electrons. The van der Waals surface area contributed by atoms with Crippen LogP contribution in [0.2, 0.25) is 0 Å². The summed E-state index contributed by atoms with van der Waals surface area (Å²) in [6.45, 7) is 5.90. The average molecular weight is 456 g/mol. The third-order valence-electron chi connectivity index (χ3n) is 5.37. The van der Waals surface area contributed by atoms with Crippen molar-refractivity contribution in [1.82, 2.24) is 9.55 Å². The van der Waals surface area contributed by atoms with Crippen LogP contribution in [0, 0.1) is 20.8 Å². The van der Waals surface area contributed by atoms with E-state index in [-0.39, 0.29) is 17.6 Å². The van der Waals surface area contributed by atoms with Gasteiger partial charge in [-0.2, -0.15) is 0 Å². The molecule has 0 aliphatic rings. The zero-order chi connectivity index (χ0) is 23.4. The molecule has 0 aliphatic heterocycles. The minimum Gasteiger partial charge on any atom is -0.325 e. The first kappa shape index (κ1) is 22.6. The molecule has 0 atom stereocenters. The molecule has 4 aromatic rings. The van der Waals surface area contributed by atoms with Gasteiger partial charge in [-0.1, -0.05) is 78.0 Å². The Morgan fingerprint density at radius 2 is 1.64 bits per heavy atom. The third kappa shape index (κ3) is 5.07. The Balaban J connectivity index is 1.61. The number of hydrogen-bond acceptors (Lipinski definition) is 4. The van der Waals surface area contributed by atoms with Crippen LogP contribution >= 0.6 is 11.8 Å². The molecule has 0 saturated heterocycles. The molecule has 6 heteroatoms. The van der Waals surface area contributed by atoms with Crippen molar-refractivity contribution in [1.29, 1.82) is 0 Å². The van der Waals surface area contributed by atoms with Crippen molar-refractivity contribution >= 4 is 29.3 Å². The quantitative estimate of drug-likeness (QED) is 0.368. The second kappa shape index (κ2) is 9.88. The highest BCUT2D eigenvalue weighted by atomic mass is 32.2. The predicted molar refractivity (Wildman–Crippen MR) is 134 cm³/mol. The molecule has 0 spiro atoms. The SMILES string of the molecule is Cc1ccc(NC(=O)CSc2ncc(-c3ccccc3)n2C(=O)c2ccccc2C)c(C)c1. The van der Waals surface area contributed by atoms with E-state index in [4.69, 9.17) is 0 Å². The van der Waals surface area contributed by atoms with Crippen molar-refractivity contribution in [2.45, 2.75) is 25.9 Å². The van der Waals surface area contributed by atoms with Crippen LogP contribution in [-0.4, -0.2) is 27.1 Å². The van der Waals surface area contributed by atoms with Crippen LogP contribution in [0.4, 0.5) is 5.69 Å². The largest absolute Gasteiger partial charge is 0.325 e. The van der Waals surface area contributed by atoms with Crippen LogP contribution in [0.3, 0.4) is 0 Å². The Morgan fingerprint density at radius 1 is 0.909 bits per heavy atom. The van der Waals surface area contributed by atoms with Crippen molar-refractivity contribution in [3.8, 4) is 11.3 Å². The van der Waals surface area contributed by atoms with E-state index in [0.29, 0.717) is 16.4 Å². The molecule has 166 valence electrons. The molecule has 5 nitrogen and oxygen atoms in total. The highest BCUT2D eigenvalue weighted by Crippen LogP contribution is 2.28. The Hall–Kier alpha value is -3.64. The molecule has 33 heavy (non-hydrogen) atoms. The van der Waals surface area contributed by atoms with Crippen molar-refractivity contribution in [2.24, 2.45) is 0 Å². The maximum Gasteiger partial charge on any atom is 0.264 e. The van der Waals surface area contributed by atoms with Crippen LogP contribution in [-0.2, 0) is 4.79 Å². The Kier molecular flexibility index (Phi) is 6.75. The van der Waals surface area contributed by atoms with Gasteiger partial charge in [-0.15, -0.1) is 0 Å². The number of nitrogens with one attached hydrogen (secondary N) is 1. The van der Waals surface area contributed by atoms with Gasteiger partial charge in [0.1, 0.15) is 0 Å². The molecule has 4 rings (SSSR count). The van der Waals surface area contributed by atoms with Gasteiger partial charge in [-0.25, -0.2) is 4.98 Å². The lowest BCUT2D eigenvalue weighted by Gasteiger charge is -2.13. The highest BCUT2D eigenvalue weighted by molar-refractivity contribution is 7.99. The fraction of sp³-hybridized carbons (Fsp3) is 0.148. The molecular formula is C27H25N3O2S. The summed E-state index contributed by atoms with van der Waals surface area (Å²) in [6, 6.07) is 23.1. The molecule has 1 heterocycles. The lowest BCUT2D eigenvalue weighted by molar-refractivity contribution is -0.113. The van der Waals surface area contributed by atoms with E-state index < -0.39 is 0 Å². The first-order valence-electron chi connectivity index (χ1n) is 10.7. The van der Waals surface area contributed by atoms with Crippen molar-refractivity contribution in [2.75, 3.05) is 11.1 Å². The van der Waals surface area contributed by atoms with Crippen LogP contribution in [0.5, 0.6) is 0 Å². The first-order chi connectivity index (χ1) is 15.9. The van der Waals surface area contributed by atoms with Gasteiger partial charge in [0.2, 0.25) is 5.91 Å². The molecular weight excluding hydrogens is 430 g/mol. The van der Waals surface area contributed by atoms with Gasteiger partial charge >= 0.3 is 0 Å². The standard InChI is InChI=1S/C27H25N3O2S/c1-18-13-14-23(20(3)15-18)29-25(31)17-33-27-28-16-24(21-10-5-4-6-11-21)30(27)26(32)22-12-8-7-9-19(22)2/h4-16H,17H2,1-3H3,(H,29,31). The number of benzene rings is 3. The number of imidazole rings is 1. The maximum atomic E-state index is 13.6. The van der Waals surface area contributed by atoms with Gasteiger partial charge in [0, 0.05) is 16.8 Å². The molecule has 0 saturated carbocycles. The van der Waals surface area contributed by atoms with Crippen molar-refractivity contribution < 1.29 is 9.59 Å². The Morgan fingerprint density at radius 3 is 2.36 bits per heavy atom. The number of rotatable bonds is 6. The number of hydrogen-bond donors (Lipinski definition) is 1. The Labute approximate surface area is 197 Å². The maximum absolute atomic E-state index is 13.6. The van der Waals surface area contributed by atoms with E-state index in [0.717, 1.165) is 27.9 Å². The number of thioether (sulfide) groups is 1. The number of carbonyl (C=O) groups excluding carboxylic acids is 2. The number of amides is 1. The van der Waals surface area contributed by atoms with E-state index in [1.165, 1.54) is 11.8 Å². The van der Waals surface area contributed by atoms with E-state index in [2.05, 4.69) is 10.3 Å². The summed E-state index contributed by atoms with van der Waals surface area (Å²) in [7, 11) is 0. The lowest BCUT2D eigenvalue weighted by atomic mass is 10.1. The summed E-state index contributed by atoms with van der Waals surface area (Å²) < 4.78 is 1.60. The molecule has 1 N–H and O–H groups in total. The monoisotopic (exact) mass is 455 g/mol. The van der Waals surface area contributed by atoms with Gasteiger partial charge in [-0.3, -0.25) is 14.2 Å². The molecule has 0 unspecified atom stereocenters. The van der Waals surface area contributed by atoms with Crippen LogP contribution in [0.25, 0.3) is 11.3 Å². The van der Waals surface area contributed by atoms with E-state index in [1.54, 1.807) is 10.8 Å². The fourth-order valence-corrected chi connectivity index (χ4v) is 4.42. The summed E-state index contributed by atoms with van der Waals surface area (Å²) in [4.78, 5) is 30.7. The van der Waals surface area contributed by atoms with Crippen molar-refractivity contribution in [3.63, 3.8) is 0 Å². The number of anilines is 1. The molecule has 3 aromatic carbocycles. The molecule has 1 aromatic heterocycles. The smallest absolute Gasteiger partial charge is 0.264 e. The predicted octanol–water partition coefficient (Wildman–Crippen LogP) is 5.89. The zero-order valence-corrected chi connectivity index (χ0v) is 19.6. The van der Waals surface area contributed by atoms with Crippen LogP contribution in [0.1, 0.15) is 27.0 Å². The minimum atomic E-state index is -0.165. The minimum absolute atomic E-state index is 0.139. The average Bonchev–Trinajstić information content (AvgIpc) is 3.24. The first-order valence-corrected chi connectivity index (χ1v) is 11.7. The summed E-state index contributed by atoms with van der Waals surface area (Å²) in [5.41, 5.74) is 6.02. The second-order valence-electron chi connectivity index (χ2n) is 7.90. The van der Waals surface area contributed by atoms with Crippen LogP contribution in [0.15, 0.2) is 84.1 Å². The van der Waals surface area contributed by atoms with Crippen molar-refractivity contribution in [3.05, 3.63) is 101 Å². The van der Waals surface area contributed by atoms with Gasteiger partial charge in [0.05, 0.1) is 17.6 Å². The fourth-order valence-electron chi connectivity index (χ4n) is 3.65. The van der Waals surface area contributed by atoms with Crippen LogP contribution < -0.4 is 5.32 Å².